The number of benzene rings is 1. The first-order valence-electron chi connectivity index (χ1n) is 7.65. The molecule has 0 saturated carbocycles. The lowest BCUT2D eigenvalue weighted by atomic mass is 9.96. The molecular formula is C17H22ClNO4. The molecule has 0 spiro atoms. The second kappa shape index (κ2) is 7.21. The third-order valence-corrected chi connectivity index (χ3v) is 4.20. The average molecular weight is 340 g/mol. The highest BCUT2D eigenvalue weighted by molar-refractivity contribution is 6.30. The molecule has 1 saturated heterocycles. The Balaban J connectivity index is 2.05. The van der Waals surface area contributed by atoms with E-state index in [9.17, 15) is 9.59 Å². The maximum atomic E-state index is 12.8. The molecule has 0 aliphatic carbocycles. The topological polar surface area (TPSA) is 55.8 Å². The van der Waals surface area contributed by atoms with Crippen LogP contribution in [0.2, 0.25) is 5.02 Å². The summed E-state index contributed by atoms with van der Waals surface area (Å²) < 4.78 is 10.6. The zero-order valence-electron chi connectivity index (χ0n) is 13.7. The van der Waals surface area contributed by atoms with Crippen LogP contribution in [0.15, 0.2) is 24.3 Å². The summed E-state index contributed by atoms with van der Waals surface area (Å²) in [6, 6.07) is 6.88. The highest BCUT2D eigenvalue weighted by Gasteiger charge is 2.38. The van der Waals surface area contributed by atoms with Gasteiger partial charge in [0.15, 0.2) is 5.60 Å². The van der Waals surface area contributed by atoms with Crippen molar-refractivity contribution in [3.05, 3.63) is 29.3 Å². The fourth-order valence-electron chi connectivity index (χ4n) is 2.74. The van der Waals surface area contributed by atoms with Crippen LogP contribution in [0.5, 0.6) is 5.75 Å². The molecule has 2 rings (SSSR count). The van der Waals surface area contributed by atoms with Crippen molar-refractivity contribution in [2.24, 2.45) is 5.92 Å². The van der Waals surface area contributed by atoms with Gasteiger partial charge in [-0.1, -0.05) is 11.6 Å². The number of nitrogens with zero attached hydrogens (tertiary/aromatic N) is 1. The van der Waals surface area contributed by atoms with E-state index in [2.05, 4.69) is 0 Å². The number of likely N-dealkylation sites (tertiary alicyclic amines) is 1. The molecule has 0 N–H and O–H groups in total. The van der Waals surface area contributed by atoms with E-state index in [1.165, 1.54) is 7.11 Å². The van der Waals surface area contributed by atoms with E-state index in [-0.39, 0.29) is 17.8 Å². The number of esters is 1. The lowest BCUT2D eigenvalue weighted by Gasteiger charge is -2.36. The van der Waals surface area contributed by atoms with Gasteiger partial charge in [-0.2, -0.15) is 0 Å². The Kier molecular flexibility index (Phi) is 5.52. The highest BCUT2D eigenvalue weighted by Crippen LogP contribution is 2.25. The maximum Gasteiger partial charge on any atom is 0.310 e. The Bertz CT molecular complexity index is 570. The van der Waals surface area contributed by atoms with Gasteiger partial charge in [-0.3, -0.25) is 9.59 Å². The Hall–Kier alpha value is -1.75. The number of ether oxygens (including phenoxy) is 2. The molecule has 1 aliphatic heterocycles. The molecule has 1 aromatic carbocycles. The lowest BCUT2D eigenvalue weighted by Crippen LogP contribution is -2.52. The standard InChI is InChI=1S/C17H22ClNO4/c1-17(2,23-14-8-6-13(18)7-9-14)16(21)19-10-4-5-12(11-19)15(20)22-3/h6-9,12H,4-5,10-11H2,1-3H3. The smallest absolute Gasteiger partial charge is 0.310 e. The van der Waals surface area contributed by atoms with Gasteiger partial charge in [0.05, 0.1) is 13.0 Å². The summed E-state index contributed by atoms with van der Waals surface area (Å²) in [4.78, 5) is 26.2. The number of rotatable bonds is 4. The van der Waals surface area contributed by atoms with Crippen LogP contribution in [-0.2, 0) is 14.3 Å². The number of amides is 1. The number of halogens is 1. The summed E-state index contributed by atoms with van der Waals surface area (Å²) in [6.07, 6.45) is 1.53. The van der Waals surface area contributed by atoms with Crippen LogP contribution < -0.4 is 4.74 Å². The normalized spacial score (nSPS) is 18.4. The molecule has 0 aromatic heterocycles. The van der Waals surface area contributed by atoms with E-state index in [4.69, 9.17) is 21.1 Å². The highest BCUT2D eigenvalue weighted by atomic mass is 35.5. The summed E-state index contributed by atoms with van der Waals surface area (Å²) in [5, 5.41) is 0.610. The number of carbonyl (C=O) groups is 2. The van der Waals surface area contributed by atoms with Crippen LogP contribution in [0.1, 0.15) is 26.7 Å². The zero-order valence-corrected chi connectivity index (χ0v) is 14.4. The molecule has 1 aromatic rings. The predicted molar refractivity (Wildman–Crippen MR) is 87.5 cm³/mol. The van der Waals surface area contributed by atoms with Gasteiger partial charge >= 0.3 is 5.97 Å². The molecule has 23 heavy (non-hydrogen) atoms. The number of methoxy groups -OCH3 is 1. The van der Waals surface area contributed by atoms with Gasteiger partial charge in [0.1, 0.15) is 5.75 Å². The number of piperidine rings is 1. The van der Waals surface area contributed by atoms with E-state index in [1.807, 2.05) is 0 Å². The van der Waals surface area contributed by atoms with E-state index >= 15 is 0 Å². The van der Waals surface area contributed by atoms with Crippen molar-refractivity contribution >= 4 is 23.5 Å². The fourth-order valence-corrected chi connectivity index (χ4v) is 2.87. The van der Waals surface area contributed by atoms with Gasteiger partial charge in [0.2, 0.25) is 0 Å². The maximum absolute atomic E-state index is 12.8. The third-order valence-electron chi connectivity index (χ3n) is 3.94. The Morgan fingerprint density at radius 1 is 1.26 bits per heavy atom. The summed E-state index contributed by atoms with van der Waals surface area (Å²) >= 11 is 5.85. The van der Waals surface area contributed by atoms with E-state index < -0.39 is 5.60 Å². The largest absolute Gasteiger partial charge is 0.478 e. The molecule has 0 bridgehead atoms. The van der Waals surface area contributed by atoms with Gasteiger partial charge in [-0.15, -0.1) is 0 Å². The minimum atomic E-state index is -1.02. The monoisotopic (exact) mass is 339 g/mol. The molecule has 1 amide bonds. The van der Waals surface area contributed by atoms with Crippen molar-refractivity contribution in [2.75, 3.05) is 20.2 Å². The van der Waals surface area contributed by atoms with Crippen LogP contribution >= 0.6 is 11.6 Å². The molecular weight excluding hydrogens is 318 g/mol. The molecule has 126 valence electrons. The van der Waals surface area contributed by atoms with Crippen molar-refractivity contribution in [2.45, 2.75) is 32.3 Å². The zero-order chi connectivity index (χ0) is 17.0. The quantitative estimate of drug-likeness (QED) is 0.791. The number of hydrogen-bond donors (Lipinski definition) is 0. The van der Waals surface area contributed by atoms with E-state index in [1.54, 1.807) is 43.0 Å². The van der Waals surface area contributed by atoms with E-state index in [0.717, 1.165) is 12.8 Å². The van der Waals surface area contributed by atoms with Crippen LogP contribution in [0.25, 0.3) is 0 Å². The van der Waals surface area contributed by atoms with Gasteiger partial charge in [-0.25, -0.2) is 0 Å². The number of hydrogen-bond acceptors (Lipinski definition) is 4. The molecule has 0 radical (unpaired) electrons. The van der Waals surface area contributed by atoms with Crippen molar-refractivity contribution in [3.8, 4) is 5.75 Å². The summed E-state index contributed by atoms with van der Waals surface area (Å²) in [6.45, 7) is 4.45. The first-order valence-corrected chi connectivity index (χ1v) is 8.03. The fraction of sp³-hybridized carbons (Fsp3) is 0.529. The van der Waals surface area contributed by atoms with Gasteiger partial charge in [0.25, 0.3) is 5.91 Å². The second-order valence-corrected chi connectivity index (χ2v) is 6.62. The Labute approximate surface area is 141 Å². The van der Waals surface area contributed by atoms with Crippen molar-refractivity contribution in [3.63, 3.8) is 0 Å². The van der Waals surface area contributed by atoms with Crippen molar-refractivity contribution in [1.82, 2.24) is 4.90 Å². The van der Waals surface area contributed by atoms with Crippen molar-refractivity contribution < 1.29 is 19.1 Å². The van der Waals surface area contributed by atoms with Crippen LogP contribution in [-0.4, -0.2) is 42.6 Å². The third kappa shape index (κ3) is 4.38. The molecule has 1 atom stereocenters. The summed E-state index contributed by atoms with van der Waals surface area (Å²) in [7, 11) is 1.37. The van der Waals surface area contributed by atoms with Crippen molar-refractivity contribution in [1.29, 1.82) is 0 Å². The van der Waals surface area contributed by atoms with Gasteiger partial charge in [-0.05, 0) is 51.0 Å². The molecule has 1 aliphatic rings. The van der Waals surface area contributed by atoms with Gasteiger partial charge in [0, 0.05) is 18.1 Å². The average Bonchev–Trinajstić information content (AvgIpc) is 2.55. The lowest BCUT2D eigenvalue weighted by molar-refractivity contribution is -0.153. The second-order valence-electron chi connectivity index (χ2n) is 6.18. The Morgan fingerprint density at radius 3 is 2.52 bits per heavy atom. The molecule has 1 fully saturated rings. The van der Waals surface area contributed by atoms with Gasteiger partial charge < -0.3 is 14.4 Å². The van der Waals surface area contributed by atoms with E-state index in [0.29, 0.717) is 23.9 Å². The molecule has 5 nitrogen and oxygen atoms in total. The minimum absolute atomic E-state index is 0.138. The molecule has 1 unspecified atom stereocenters. The van der Waals surface area contributed by atoms with Crippen LogP contribution in [0.3, 0.4) is 0 Å². The first kappa shape index (κ1) is 17.6. The Morgan fingerprint density at radius 2 is 1.91 bits per heavy atom. The summed E-state index contributed by atoms with van der Waals surface area (Å²) in [5.41, 5.74) is -1.02. The van der Waals surface area contributed by atoms with Crippen LogP contribution in [0.4, 0.5) is 0 Å². The number of carbonyl (C=O) groups excluding carboxylic acids is 2. The molecule has 1 heterocycles. The predicted octanol–water partition coefficient (Wildman–Crippen LogP) is 2.91. The first-order chi connectivity index (χ1) is 10.8. The van der Waals surface area contributed by atoms with Crippen LogP contribution in [0, 0.1) is 5.92 Å². The molecule has 6 heteroatoms. The SMILES string of the molecule is COC(=O)C1CCCN(C(=O)C(C)(C)Oc2ccc(Cl)cc2)C1. The minimum Gasteiger partial charge on any atom is -0.478 e. The summed E-state index contributed by atoms with van der Waals surface area (Å²) in [5.74, 6) is -0.0849.